The van der Waals surface area contributed by atoms with Gasteiger partial charge in [0.2, 0.25) is 5.95 Å². The summed E-state index contributed by atoms with van der Waals surface area (Å²) >= 11 is 1.64. The third-order valence-corrected chi connectivity index (χ3v) is 2.06. The molecule has 0 saturated heterocycles. The van der Waals surface area contributed by atoms with Crippen molar-refractivity contribution >= 4 is 17.7 Å². The molecule has 0 saturated carbocycles. The topological polar surface area (TPSA) is 29.0 Å². The van der Waals surface area contributed by atoms with Crippen LogP contribution in [0, 0.1) is 6.92 Å². The van der Waals surface area contributed by atoms with Crippen molar-refractivity contribution in [1.82, 2.24) is 9.97 Å². The Morgan fingerprint density at radius 3 is 2.50 bits per heavy atom. The smallest absolute Gasteiger partial charge is 0.226 e. The second-order valence-electron chi connectivity index (χ2n) is 2.75. The first kappa shape index (κ1) is 9.32. The Morgan fingerprint density at radius 1 is 1.33 bits per heavy atom. The molecule has 1 rings (SSSR count). The van der Waals surface area contributed by atoms with Crippen LogP contribution in [0.4, 0.5) is 5.95 Å². The van der Waals surface area contributed by atoms with Crippen LogP contribution in [0.1, 0.15) is 5.69 Å². The van der Waals surface area contributed by atoms with Gasteiger partial charge >= 0.3 is 0 Å². The third-order valence-electron chi connectivity index (χ3n) is 1.43. The fourth-order valence-electron chi connectivity index (χ4n) is 0.829. The molecule has 0 radical (unpaired) electrons. The predicted molar refractivity (Wildman–Crippen MR) is 52.9 cm³/mol. The Labute approximate surface area is 77.2 Å². The van der Waals surface area contributed by atoms with E-state index in [1.807, 2.05) is 38.2 Å². The first-order valence-electron chi connectivity index (χ1n) is 3.70. The standard InChI is InChI=1S/C8H13N3S/c1-6-5-7(12-4)10-8(9-6)11(2)3/h5H,1-4H3. The van der Waals surface area contributed by atoms with Gasteiger partial charge in [0.15, 0.2) is 0 Å². The molecular formula is C8H13N3S. The molecule has 12 heavy (non-hydrogen) atoms. The first-order valence-corrected chi connectivity index (χ1v) is 4.93. The Bertz CT molecular complexity index is 273. The van der Waals surface area contributed by atoms with Crippen molar-refractivity contribution in [2.45, 2.75) is 11.9 Å². The minimum atomic E-state index is 0.777. The lowest BCUT2D eigenvalue weighted by molar-refractivity contribution is 0.929. The molecule has 0 aliphatic carbocycles. The lowest BCUT2D eigenvalue weighted by Gasteiger charge is -2.11. The third kappa shape index (κ3) is 2.11. The summed E-state index contributed by atoms with van der Waals surface area (Å²) in [7, 11) is 3.89. The highest BCUT2D eigenvalue weighted by Crippen LogP contribution is 2.15. The van der Waals surface area contributed by atoms with Gasteiger partial charge in [-0.05, 0) is 19.2 Å². The van der Waals surface area contributed by atoms with Gasteiger partial charge in [-0.3, -0.25) is 0 Å². The summed E-state index contributed by atoms with van der Waals surface area (Å²) in [6, 6.07) is 1.98. The van der Waals surface area contributed by atoms with Crippen molar-refractivity contribution in [3.05, 3.63) is 11.8 Å². The van der Waals surface area contributed by atoms with E-state index in [-0.39, 0.29) is 0 Å². The molecule has 1 aromatic rings. The van der Waals surface area contributed by atoms with Crippen LogP contribution < -0.4 is 4.90 Å². The number of aryl methyl sites for hydroxylation is 1. The van der Waals surface area contributed by atoms with Gasteiger partial charge in [0.1, 0.15) is 5.03 Å². The molecule has 1 aromatic heterocycles. The first-order chi connectivity index (χ1) is 5.63. The second kappa shape index (κ2) is 3.76. The summed E-state index contributed by atoms with van der Waals surface area (Å²) < 4.78 is 0. The summed E-state index contributed by atoms with van der Waals surface area (Å²) in [5.74, 6) is 0.777. The molecule has 0 bridgehead atoms. The van der Waals surface area contributed by atoms with Crippen molar-refractivity contribution in [3.63, 3.8) is 0 Å². The van der Waals surface area contributed by atoms with E-state index >= 15 is 0 Å². The minimum Gasteiger partial charge on any atom is -0.347 e. The zero-order chi connectivity index (χ0) is 9.14. The molecule has 0 atom stereocenters. The number of hydrogen-bond acceptors (Lipinski definition) is 4. The molecule has 0 unspecified atom stereocenters. The molecular weight excluding hydrogens is 170 g/mol. The number of aromatic nitrogens is 2. The van der Waals surface area contributed by atoms with Gasteiger partial charge < -0.3 is 4.90 Å². The fraction of sp³-hybridized carbons (Fsp3) is 0.500. The van der Waals surface area contributed by atoms with Crippen molar-refractivity contribution in [3.8, 4) is 0 Å². The summed E-state index contributed by atoms with van der Waals surface area (Å²) in [6.07, 6.45) is 2.02. The van der Waals surface area contributed by atoms with Gasteiger partial charge in [0.25, 0.3) is 0 Å². The van der Waals surface area contributed by atoms with Crippen molar-refractivity contribution < 1.29 is 0 Å². The van der Waals surface area contributed by atoms with Crippen molar-refractivity contribution in [2.75, 3.05) is 25.3 Å². The molecule has 0 aliphatic heterocycles. The highest BCUT2D eigenvalue weighted by atomic mass is 32.2. The van der Waals surface area contributed by atoms with E-state index in [1.54, 1.807) is 11.8 Å². The molecule has 66 valence electrons. The average Bonchev–Trinajstić information content (AvgIpc) is 2.03. The Kier molecular flexibility index (Phi) is 2.92. The highest BCUT2D eigenvalue weighted by Gasteiger charge is 2.01. The van der Waals surface area contributed by atoms with E-state index in [4.69, 9.17) is 0 Å². The molecule has 0 aliphatic rings. The summed E-state index contributed by atoms with van der Waals surface area (Å²) in [6.45, 7) is 1.98. The van der Waals surface area contributed by atoms with E-state index in [1.165, 1.54) is 0 Å². The largest absolute Gasteiger partial charge is 0.347 e. The van der Waals surface area contributed by atoms with E-state index in [0.29, 0.717) is 0 Å². The molecule has 0 spiro atoms. The zero-order valence-corrected chi connectivity index (χ0v) is 8.64. The zero-order valence-electron chi connectivity index (χ0n) is 7.83. The number of anilines is 1. The normalized spacial score (nSPS) is 10.0. The van der Waals surface area contributed by atoms with Gasteiger partial charge in [-0.25, -0.2) is 9.97 Å². The maximum atomic E-state index is 4.33. The Balaban J connectivity index is 3.06. The predicted octanol–water partition coefficient (Wildman–Crippen LogP) is 1.57. The molecule has 0 N–H and O–H groups in total. The van der Waals surface area contributed by atoms with Crippen molar-refractivity contribution in [1.29, 1.82) is 0 Å². The van der Waals surface area contributed by atoms with Crippen LogP contribution in [-0.2, 0) is 0 Å². The van der Waals surface area contributed by atoms with Crippen molar-refractivity contribution in [2.24, 2.45) is 0 Å². The van der Waals surface area contributed by atoms with Crippen LogP contribution in [0.2, 0.25) is 0 Å². The Hall–Kier alpha value is -0.770. The molecule has 0 fully saturated rings. The van der Waals surface area contributed by atoms with E-state index in [0.717, 1.165) is 16.7 Å². The number of hydrogen-bond donors (Lipinski definition) is 0. The molecule has 0 amide bonds. The van der Waals surface area contributed by atoms with Gasteiger partial charge in [-0.1, -0.05) is 0 Å². The summed E-state index contributed by atoms with van der Waals surface area (Å²) in [4.78, 5) is 10.5. The molecule has 4 heteroatoms. The Morgan fingerprint density at radius 2 is 2.00 bits per heavy atom. The van der Waals surface area contributed by atoms with Crippen LogP contribution in [0.3, 0.4) is 0 Å². The second-order valence-corrected chi connectivity index (χ2v) is 3.57. The maximum absolute atomic E-state index is 4.33. The van der Waals surface area contributed by atoms with Gasteiger partial charge in [-0.2, -0.15) is 0 Å². The average molecular weight is 183 g/mol. The van der Waals surface area contributed by atoms with Crippen LogP contribution in [0.5, 0.6) is 0 Å². The molecule has 1 heterocycles. The number of rotatable bonds is 2. The van der Waals surface area contributed by atoms with E-state index in [9.17, 15) is 0 Å². The lowest BCUT2D eigenvalue weighted by Crippen LogP contribution is -2.13. The summed E-state index contributed by atoms with van der Waals surface area (Å²) in [5.41, 5.74) is 1.01. The number of nitrogens with zero attached hydrogens (tertiary/aromatic N) is 3. The highest BCUT2D eigenvalue weighted by molar-refractivity contribution is 7.98. The maximum Gasteiger partial charge on any atom is 0.226 e. The minimum absolute atomic E-state index is 0.777. The van der Waals surface area contributed by atoms with E-state index < -0.39 is 0 Å². The van der Waals surface area contributed by atoms with Crippen LogP contribution in [-0.4, -0.2) is 30.3 Å². The van der Waals surface area contributed by atoms with Gasteiger partial charge in [-0.15, -0.1) is 11.8 Å². The molecule has 3 nitrogen and oxygen atoms in total. The van der Waals surface area contributed by atoms with Crippen LogP contribution in [0.25, 0.3) is 0 Å². The summed E-state index contributed by atoms with van der Waals surface area (Å²) in [5, 5.41) is 1.02. The van der Waals surface area contributed by atoms with E-state index in [2.05, 4.69) is 9.97 Å². The molecule has 0 aromatic carbocycles. The number of thioether (sulfide) groups is 1. The van der Waals surface area contributed by atoms with Crippen LogP contribution >= 0.6 is 11.8 Å². The van der Waals surface area contributed by atoms with Gasteiger partial charge in [0, 0.05) is 19.8 Å². The lowest BCUT2D eigenvalue weighted by atomic mass is 10.4. The monoisotopic (exact) mass is 183 g/mol. The quantitative estimate of drug-likeness (QED) is 0.514. The van der Waals surface area contributed by atoms with Gasteiger partial charge in [0.05, 0.1) is 0 Å². The van der Waals surface area contributed by atoms with Crippen LogP contribution in [0.15, 0.2) is 11.1 Å². The fourth-order valence-corrected chi connectivity index (χ4v) is 1.29. The SMILES string of the molecule is CSc1cc(C)nc(N(C)C)n1.